The van der Waals surface area contributed by atoms with Crippen LogP contribution in [0.25, 0.3) is 0 Å². The van der Waals surface area contributed by atoms with Gasteiger partial charge in [0.15, 0.2) is 0 Å². The van der Waals surface area contributed by atoms with Crippen LogP contribution in [0.1, 0.15) is 24.5 Å². The molecule has 0 bridgehead atoms. The average Bonchev–Trinajstić information content (AvgIpc) is 2.45. The maximum absolute atomic E-state index is 6.47. The predicted molar refractivity (Wildman–Crippen MR) is 92.0 cm³/mol. The number of benzene rings is 2. The molecule has 4 heteroatoms. The standard InChI is InChI=1S/C17H19BrClNO/c1-17(20,15-8-5-13(18)11-16(15)19)10-9-12-3-6-14(21-2)7-4-12/h3-8,11H,9-10,20H2,1-2H3. The minimum atomic E-state index is -0.461. The lowest BCUT2D eigenvalue weighted by molar-refractivity contribution is 0.414. The lowest BCUT2D eigenvalue weighted by atomic mass is 9.87. The van der Waals surface area contributed by atoms with Gasteiger partial charge in [0, 0.05) is 15.0 Å². The van der Waals surface area contributed by atoms with Gasteiger partial charge in [-0.05, 0) is 55.2 Å². The van der Waals surface area contributed by atoms with Crippen LogP contribution < -0.4 is 10.5 Å². The molecule has 1 unspecified atom stereocenters. The Balaban J connectivity index is 2.09. The molecule has 0 saturated heterocycles. The van der Waals surface area contributed by atoms with Crippen molar-refractivity contribution in [2.45, 2.75) is 25.3 Å². The highest BCUT2D eigenvalue weighted by Crippen LogP contribution is 2.32. The molecule has 21 heavy (non-hydrogen) atoms. The van der Waals surface area contributed by atoms with Gasteiger partial charge < -0.3 is 10.5 Å². The zero-order valence-electron chi connectivity index (χ0n) is 12.2. The van der Waals surface area contributed by atoms with Crippen molar-refractivity contribution in [1.29, 1.82) is 0 Å². The van der Waals surface area contributed by atoms with Crippen LogP contribution in [0.15, 0.2) is 46.9 Å². The summed E-state index contributed by atoms with van der Waals surface area (Å²) in [5.74, 6) is 0.866. The Morgan fingerprint density at radius 2 is 1.86 bits per heavy atom. The Kier molecular flexibility index (Phi) is 5.31. The van der Waals surface area contributed by atoms with E-state index in [0.717, 1.165) is 28.6 Å². The summed E-state index contributed by atoms with van der Waals surface area (Å²) in [4.78, 5) is 0. The number of methoxy groups -OCH3 is 1. The van der Waals surface area contributed by atoms with Gasteiger partial charge >= 0.3 is 0 Å². The number of nitrogens with two attached hydrogens (primary N) is 1. The number of hydrogen-bond donors (Lipinski definition) is 1. The van der Waals surface area contributed by atoms with Crippen molar-refractivity contribution >= 4 is 27.5 Å². The van der Waals surface area contributed by atoms with Crippen molar-refractivity contribution in [2.75, 3.05) is 7.11 Å². The zero-order chi connectivity index (χ0) is 15.5. The Morgan fingerprint density at radius 3 is 2.43 bits per heavy atom. The fraction of sp³-hybridized carbons (Fsp3) is 0.294. The van der Waals surface area contributed by atoms with E-state index in [2.05, 4.69) is 28.1 Å². The Hall–Kier alpha value is -1.03. The van der Waals surface area contributed by atoms with Crippen molar-refractivity contribution in [1.82, 2.24) is 0 Å². The molecular formula is C17H19BrClNO. The molecule has 0 aliphatic carbocycles. The lowest BCUT2D eigenvalue weighted by Crippen LogP contribution is -2.33. The molecule has 0 aliphatic heterocycles. The van der Waals surface area contributed by atoms with Crippen LogP contribution in [0.4, 0.5) is 0 Å². The first kappa shape index (κ1) is 16.3. The van der Waals surface area contributed by atoms with E-state index < -0.39 is 5.54 Å². The maximum Gasteiger partial charge on any atom is 0.118 e. The highest BCUT2D eigenvalue weighted by Gasteiger charge is 2.23. The Bertz CT molecular complexity index is 611. The summed E-state index contributed by atoms with van der Waals surface area (Å²) in [6.07, 6.45) is 1.71. The van der Waals surface area contributed by atoms with Gasteiger partial charge in [-0.25, -0.2) is 0 Å². The molecule has 112 valence electrons. The number of aryl methyl sites for hydroxylation is 1. The van der Waals surface area contributed by atoms with E-state index in [1.807, 2.05) is 37.3 Å². The first-order valence-corrected chi connectivity index (χ1v) is 7.97. The SMILES string of the molecule is COc1ccc(CCC(C)(N)c2ccc(Br)cc2Cl)cc1. The third kappa shape index (κ3) is 4.22. The molecular weight excluding hydrogens is 350 g/mol. The number of rotatable bonds is 5. The van der Waals surface area contributed by atoms with Crippen molar-refractivity contribution < 1.29 is 4.74 Å². The van der Waals surface area contributed by atoms with Gasteiger partial charge in [-0.1, -0.05) is 45.7 Å². The smallest absolute Gasteiger partial charge is 0.118 e. The summed E-state index contributed by atoms with van der Waals surface area (Å²) in [6, 6.07) is 13.9. The Morgan fingerprint density at radius 1 is 1.19 bits per heavy atom. The highest BCUT2D eigenvalue weighted by atomic mass is 79.9. The predicted octanol–water partition coefficient (Wildman–Crippen LogP) is 4.92. The highest BCUT2D eigenvalue weighted by molar-refractivity contribution is 9.10. The summed E-state index contributed by atoms with van der Waals surface area (Å²) >= 11 is 9.72. The first-order chi connectivity index (χ1) is 9.92. The van der Waals surface area contributed by atoms with E-state index >= 15 is 0 Å². The number of ether oxygens (including phenoxy) is 1. The second-order valence-electron chi connectivity index (χ2n) is 5.39. The van der Waals surface area contributed by atoms with Crippen LogP contribution >= 0.6 is 27.5 Å². The van der Waals surface area contributed by atoms with Crippen LogP contribution in [-0.4, -0.2) is 7.11 Å². The number of hydrogen-bond acceptors (Lipinski definition) is 2. The summed E-state index contributed by atoms with van der Waals surface area (Å²) in [5, 5.41) is 0.698. The molecule has 1 atom stereocenters. The summed E-state index contributed by atoms with van der Waals surface area (Å²) < 4.78 is 6.12. The van der Waals surface area contributed by atoms with E-state index in [1.165, 1.54) is 5.56 Å². The molecule has 0 aliphatic rings. The molecule has 2 aromatic rings. The van der Waals surface area contributed by atoms with Gasteiger partial charge in [-0.3, -0.25) is 0 Å². The average molecular weight is 369 g/mol. The van der Waals surface area contributed by atoms with Crippen LogP contribution in [0.2, 0.25) is 5.02 Å². The lowest BCUT2D eigenvalue weighted by Gasteiger charge is -2.26. The fourth-order valence-corrected chi connectivity index (χ4v) is 3.17. The molecule has 0 spiro atoms. The van der Waals surface area contributed by atoms with E-state index in [1.54, 1.807) is 7.11 Å². The molecule has 2 aromatic carbocycles. The first-order valence-electron chi connectivity index (χ1n) is 6.80. The third-order valence-corrected chi connectivity index (χ3v) is 4.44. The van der Waals surface area contributed by atoms with Gasteiger partial charge in [0.05, 0.1) is 7.11 Å². The van der Waals surface area contributed by atoms with E-state index in [-0.39, 0.29) is 0 Å². The molecule has 0 amide bonds. The van der Waals surface area contributed by atoms with Gasteiger partial charge in [-0.15, -0.1) is 0 Å². The van der Waals surface area contributed by atoms with Crippen molar-refractivity contribution in [3.05, 3.63) is 63.1 Å². The normalized spacial score (nSPS) is 13.8. The third-order valence-electron chi connectivity index (χ3n) is 3.64. The largest absolute Gasteiger partial charge is 0.497 e. The van der Waals surface area contributed by atoms with Crippen LogP contribution in [-0.2, 0) is 12.0 Å². The molecule has 0 fully saturated rings. The molecule has 2 rings (SSSR count). The topological polar surface area (TPSA) is 35.2 Å². The van der Waals surface area contributed by atoms with Crippen molar-refractivity contribution in [3.63, 3.8) is 0 Å². The van der Waals surface area contributed by atoms with Gasteiger partial charge in [0.1, 0.15) is 5.75 Å². The van der Waals surface area contributed by atoms with Crippen LogP contribution in [0.3, 0.4) is 0 Å². The van der Waals surface area contributed by atoms with Crippen molar-refractivity contribution in [2.24, 2.45) is 5.73 Å². The second-order valence-corrected chi connectivity index (χ2v) is 6.71. The second kappa shape index (κ2) is 6.82. The van der Waals surface area contributed by atoms with Gasteiger partial charge in [0.25, 0.3) is 0 Å². The van der Waals surface area contributed by atoms with E-state index in [4.69, 9.17) is 22.1 Å². The molecule has 0 saturated carbocycles. The Labute approximate surface area is 139 Å². The summed E-state index contributed by atoms with van der Waals surface area (Å²) in [5.41, 5.74) is 8.22. The zero-order valence-corrected chi connectivity index (χ0v) is 14.5. The number of halogens is 2. The quantitative estimate of drug-likeness (QED) is 0.813. The summed E-state index contributed by atoms with van der Waals surface area (Å²) in [7, 11) is 1.67. The monoisotopic (exact) mass is 367 g/mol. The molecule has 0 aromatic heterocycles. The fourth-order valence-electron chi connectivity index (χ4n) is 2.28. The summed E-state index contributed by atoms with van der Waals surface area (Å²) in [6.45, 7) is 2.02. The molecule has 2 nitrogen and oxygen atoms in total. The van der Waals surface area contributed by atoms with Crippen LogP contribution in [0, 0.1) is 0 Å². The van der Waals surface area contributed by atoms with Crippen LogP contribution in [0.5, 0.6) is 5.75 Å². The van der Waals surface area contributed by atoms with Crippen molar-refractivity contribution in [3.8, 4) is 5.75 Å². The minimum Gasteiger partial charge on any atom is -0.497 e. The van der Waals surface area contributed by atoms with Gasteiger partial charge in [0.2, 0.25) is 0 Å². The molecule has 0 radical (unpaired) electrons. The van der Waals surface area contributed by atoms with E-state index in [0.29, 0.717) is 5.02 Å². The van der Waals surface area contributed by atoms with E-state index in [9.17, 15) is 0 Å². The maximum atomic E-state index is 6.47. The minimum absolute atomic E-state index is 0.461. The molecule has 2 N–H and O–H groups in total. The molecule has 0 heterocycles. The van der Waals surface area contributed by atoms with Gasteiger partial charge in [-0.2, -0.15) is 0 Å².